The lowest BCUT2D eigenvalue weighted by Crippen LogP contribution is -2.35. The molecule has 5 nitrogen and oxygen atoms in total. The van der Waals surface area contributed by atoms with Gasteiger partial charge in [-0.25, -0.2) is 4.79 Å². The molecule has 0 unspecified atom stereocenters. The predicted molar refractivity (Wildman–Crippen MR) is 32.4 cm³/mol. The molecule has 0 fully saturated rings. The summed E-state index contributed by atoms with van der Waals surface area (Å²) < 4.78 is 0. The van der Waals surface area contributed by atoms with Crippen molar-refractivity contribution >= 4 is 6.03 Å². The molecule has 0 aliphatic carbocycles. The van der Waals surface area contributed by atoms with Crippen LogP contribution in [0.1, 0.15) is 13.8 Å². The fourth-order valence-corrected chi connectivity index (χ4v) is 0.389. The normalized spacial score (nSPS) is 9.22. The molecule has 9 heavy (non-hydrogen) atoms. The number of carbonyl (C=O) groups excluding carboxylic acids is 1. The van der Waals surface area contributed by atoms with Crippen molar-refractivity contribution in [3.8, 4) is 0 Å². The molecular weight excluding hydrogens is 122 g/mol. The summed E-state index contributed by atoms with van der Waals surface area (Å²) in [6.07, 6.45) is 0. The van der Waals surface area contributed by atoms with Crippen molar-refractivity contribution in [3.05, 3.63) is 4.91 Å². The van der Waals surface area contributed by atoms with E-state index in [1.54, 1.807) is 13.8 Å². The van der Waals surface area contributed by atoms with Crippen LogP contribution in [-0.2, 0) is 0 Å². The van der Waals surface area contributed by atoms with E-state index in [0.717, 1.165) is 0 Å². The van der Waals surface area contributed by atoms with Gasteiger partial charge in [-0.15, -0.1) is 4.91 Å². The third kappa shape index (κ3) is 2.07. The molecule has 0 aromatic carbocycles. The summed E-state index contributed by atoms with van der Waals surface area (Å²) >= 11 is 0. The van der Waals surface area contributed by atoms with Gasteiger partial charge in [0, 0.05) is 0 Å². The van der Waals surface area contributed by atoms with Gasteiger partial charge in [-0.05, 0) is 13.8 Å². The quantitative estimate of drug-likeness (QED) is 0.436. The molecule has 0 heterocycles. The average molecular weight is 131 g/mol. The van der Waals surface area contributed by atoms with Gasteiger partial charge < -0.3 is 5.73 Å². The fraction of sp³-hybridized carbons (Fsp3) is 0.750. The van der Waals surface area contributed by atoms with Crippen LogP contribution >= 0.6 is 0 Å². The van der Waals surface area contributed by atoms with Crippen LogP contribution in [0.5, 0.6) is 0 Å². The number of amides is 2. The first-order valence-electron chi connectivity index (χ1n) is 2.51. The van der Waals surface area contributed by atoms with Crippen molar-refractivity contribution < 1.29 is 4.79 Å². The summed E-state index contributed by atoms with van der Waals surface area (Å²) in [5, 5.41) is 3.06. The molecule has 0 rings (SSSR count). The molecule has 0 saturated heterocycles. The first-order valence-corrected chi connectivity index (χ1v) is 2.51. The summed E-state index contributed by atoms with van der Waals surface area (Å²) in [5.74, 6) is 0. The lowest BCUT2D eigenvalue weighted by molar-refractivity contribution is 0.195. The monoisotopic (exact) mass is 131 g/mol. The number of primary amides is 1. The fourth-order valence-electron chi connectivity index (χ4n) is 0.389. The van der Waals surface area contributed by atoms with E-state index >= 15 is 0 Å². The van der Waals surface area contributed by atoms with Crippen LogP contribution in [-0.4, -0.2) is 17.1 Å². The third-order valence-corrected chi connectivity index (χ3v) is 0.803. The zero-order valence-corrected chi connectivity index (χ0v) is 5.37. The number of hydrogen-bond donors (Lipinski definition) is 1. The molecule has 0 spiro atoms. The first kappa shape index (κ1) is 7.87. The summed E-state index contributed by atoms with van der Waals surface area (Å²) in [5.41, 5.74) is 4.74. The lowest BCUT2D eigenvalue weighted by Gasteiger charge is -2.12. The van der Waals surface area contributed by atoms with Gasteiger partial charge in [-0.1, -0.05) is 0 Å². The minimum absolute atomic E-state index is 0.264. The molecular formula is C4H9N3O2. The zero-order valence-electron chi connectivity index (χ0n) is 5.37. The zero-order chi connectivity index (χ0) is 7.44. The highest BCUT2D eigenvalue weighted by molar-refractivity contribution is 5.71. The van der Waals surface area contributed by atoms with Crippen molar-refractivity contribution in [2.24, 2.45) is 11.0 Å². The molecule has 52 valence electrons. The van der Waals surface area contributed by atoms with E-state index in [2.05, 4.69) is 5.29 Å². The second-order valence-corrected chi connectivity index (χ2v) is 1.86. The number of rotatable bonds is 2. The molecule has 2 amide bonds. The largest absolute Gasteiger partial charge is 0.350 e. The van der Waals surface area contributed by atoms with Crippen LogP contribution in [0.3, 0.4) is 0 Å². The Kier molecular flexibility index (Phi) is 2.63. The molecule has 0 atom stereocenters. The number of carbonyl (C=O) groups is 1. The molecule has 0 aromatic heterocycles. The summed E-state index contributed by atoms with van der Waals surface area (Å²) in [6, 6.07) is -1.08. The Bertz CT molecular complexity index is 123. The number of urea groups is 1. The van der Waals surface area contributed by atoms with Gasteiger partial charge in [0.25, 0.3) is 0 Å². The second-order valence-electron chi connectivity index (χ2n) is 1.86. The molecule has 5 heteroatoms. The van der Waals surface area contributed by atoms with Crippen LogP contribution in [0.25, 0.3) is 0 Å². The summed E-state index contributed by atoms with van der Waals surface area (Å²) in [7, 11) is 0. The molecule has 0 bridgehead atoms. The molecule has 2 N–H and O–H groups in total. The summed E-state index contributed by atoms with van der Waals surface area (Å²) in [6.45, 7) is 3.29. The van der Waals surface area contributed by atoms with Crippen molar-refractivity contribution in [1.82, 2.24) is 5.01 Å². The van der Waals surface area contributed by atoms with E-state index in [4.69, 9.17) is 5.73 Å². The van der Waals surface area contributed by atoms with E-state index < -0.39 is 6.03 Å². The molecule has 0 saturated carbocycles. The van der Waals surface area contributed by atoms with Gasteiger partial charge >= 0.3 is 6.03 Å². The minimum atomic E-state index is -0.819. The number of nitrogens with two attached hydrogens (primary N) is 1. The maximum atomic E-state index is 10.2. The number of nitrogens with zero attached hydrogens (tertiary/aromatic N) is 2. The maximum Gasteiger partial charge on any atom is 0.338 e. The van der Waals surface area contributed by atoms with Gasteiger partial charge in [0.1, 0.15) is 0 Å². The van der Waals surface area contributed by atoms with E-state index in [-0.39, 0.29) is 6.04 Å². The molecule has 0 aliphatic heterocycles. The van der Waals surface area contributed by atoms with Crippen LogP contribution in [0, 0.1) is 4.91 Å². The Labute approximate surface area is 52.8 Å². The lowest BCUT2D eigenvalue weighted by atomic mass is 10.4. The third-order valence-electron chi connectivity index (χ3n) is 0.803. The van der Waals surface area contributed by atoms with E-state index in [0.29, 0.717) is 5.01 Å². The Morgan fingerprint density at radius 2 is 2.11 bits per heavy atom. The van der Waals surface area contributed by atoms with Gasteiger partial charge in [0.15, 0.2) is 0 Å². The SMILES string of the molecule is CC(C)N(N=O)C(N)=O. The van der Waals surface area contributed by atoms with Crippen LogP contribution in [0.4, 0.5) is 4.79 Å². The number of hydrogen-bond acceptors (Lipinski definition) is 3. The highest BCUT2D eigenvalue weighted by Crippen LogP contribution is 1.95. The minimum Gasteiger partial charge on any atom is -0.350 e. The van der Waals surface area contributed by atoms with Crippen LogP contribution < -0.4 is 5.73 Å². The van der Waals surface area contributed by atoms with Gasteiger partial charge in [-0.3, -0.25) is 0 Å². The topological polar surface area (TPSA) is 75.8 Å². The Morgan fingerprint density at radius 1 is 1.67 bits per heavy atom. The van der Waals surface area contributed by atoms with Crippen LogP contribution in [0.15, 0.2) is 5.29 Å². The molecule has 0 aliphatic rings. The highest BCUT2D eigenvalue weighted by Gasteiger charge is 2.12. The Morgan fingerprint density at radius 3 is 2.11 bits per heavy atom. The Hall–Kier alpha value is -1.13. The van der Waals surface area contributed by atoms with Crippen LogP contribution in [0.2, 0.25) is 0 Å². The van der Waals surface area contributed by atoms with E-state index in [1.165, 1.54) is 0 Å². The maximum absolute atomic E-state index is 10.2. The van der Waals surface area contributed by atoms with E-state index in [1.807, 2.05) is 0 Å². The van der Waals surface area contributed by atoms with Crippen molar-refractivity contribution in [1.29, 1.82) is 0 Å². The Balaban J connectivity index is 3.98. The smallest absolute Gasteiger partial charge is 0.338 e. The van der Waals surface area contributed by atoms with Crippen molar-refractivity contribution in [2.75, 3.05) is 0 Å². The number of nitroso groups, excluding NO2 is 1. The van der Waals surface area contributed by atoms with E-state index in [9.17, 15) is 9.70 Å². The molecule has 0 aromatic rings. The second kappa shape index (κ2) is 3.01. The van der Waals surface area contributed by atoms with Gasteiger partial charge in [0.05, 0.1) is 11.3 Å². The van der Waals surface area contributed by atoms with Crippen molar-refractivity contribution in [3.63, 3.8) is 0 Å². The highest BCUT2D eigenvalue weighted by atomic mass is 16.3. The standard InChI is InChI=1S/C4H9N3O2/c1-3(2)7(6-9)4(5)8/h3H,1-2H3,(H2,5,8). The van der Waals surface area contributed by atoms with Gasteiger partial charge in [-0.2, -0.15) is 5.01 Å². The predicted octanol–water partition coefficient (Wildman–Crippen LogP) is 0.457. The first-order chi connectivity index (χ1) is 4.09. The summed E-state index contributed by atoms with van der Waals surface area (Å²) in [4.78, 5) is 20.0. The van der Waals surface area contributed by atoms with Crippen molar-refractivity contribution in [2.45, 2.75) is 19.9 Å². The van der Waals surface area contributed by atoms with Gasteiger partial charge in [0.2, 0.25) is 0 Å². The average Bonchev–Trinajstić information content (AvgIpc) is 1.64. The molecule has 0 radical (unpaired) electrons.